The summed E-state index contributed by atoms with van der Waals surface area (Å²) in [5.41, 5.74) is 5.12. The van der Waals surface area contributed by atoms with Crippen molar-refractivity contribution < 1.29 is 19.7 Å². The molecule has 0 unspecified atom stereocenters. The first-order chi connectivity index (χ1) is 13.4. The summed E-state index contributed by atoms with van der Waals surface area (Å²) in [7, 11) is 0. The van der Waals surface area contributed by atoms with Crippen LogP contribution in [0.15, 0.2) is 18.2 Å². The molecule has 29 heavy (non-hydrogen) atoms. The Morgan fingerprint density at radius 3 is 2.48 bits per heavy atom. The van der Waals surface area contributed by atoms with E-state index in [2.05, 4.69) is 4.90 Å². The molecule has 7 heteroatoms. The maximum absolute atomic E-state index is 10.8. The number of benzene rings is 1. The van der Waals surface area contributed by atoms with Gasteiger partial charge < -0.3 is 19.8 Å². The lowest BCUT2D eigenvalue weighted by Gasteiger charge is -2.28. The van der Waals surface area contributed by atoms with Crippen LogP contribution in [-0.4, -0.2) is 40.9 Å². The quantitative estimate of drug-likeness (QED) is 0.729. The number of ether oxygens (including phenoxy) is 1. The lowest BCUT2D eigenvalue weighted by Crippen LogP contribution is -2.30. The van der Waals surface area contributed by atoms with E-state index in [1.807, 2.05) is 32.9 Å². The third kappa shape index (κ3) is 5.32. The summed E-state index contributed by atoms with van der Waals surface area (Å²) >= 11 is 0. The Kier molecular flexibility index (Phi) is 7.73. The second-order valence-electron chi connectivity index (χ2n) is 7.47. The third-order valence-corrected chi connectivity index (χ3v) is 5.49. The molecule has 2 heterocycles. The van der Waals surface area contributed by atoms with E-state index in [1.165, 1.54) is 6.42 Å². The first-order valence-corrected chi connectivity index (χ1v) is 9.75. The number of rotatable bonds is 6. The number of anilines is 1. The maximum atomic E-state index is 10.8. The summed E-state index contributed by atoms with van der Waals surface area (Å²) in [6.07, 6.45) is 4.13. The van der Waals surface area contributed by atoms with Crippen molar-refractivity contribution >= 4 is 24.2 Å². The lowest BCUT2D eigenvalue weighted by molar-refractivity contribution is -0.139. The van der Waals surface area contributed by atoms with Crippen molar-refractivity contribution in [2.75, 3.05) is 24.6 Å². The zero-order valence-corrected chi connectivity index (χ0v) is 18.0. The number of hydrogen-bond acceptors (Lipinski definition) is 5. The van der Waals surface area contributed by atoms with Gasteiger partial charge in [0.1, 0.15) is 5.75 Å². The van der Waals surface area contributed by atoms with Crippen LogP contribution in [-0.2, 0) is 11.2 Å². The summed E-state index contributed by atoms with van der Waals surface area (Å²) in [6.45, 7) is 7.48. The van der Waals surface area contributed by atoms with Crippen molar-refractivity contribution in [1.82, 2.24) is 4.98 Å². The van der Waals surface area contributed by atoms with Gasteiger partial charge in [0.25, 0.3) is 0 Å². The topological polar surface area (TPSA) is 82.9 Å². The first-order valence-electron chi connectivity index (χ1n) is 9.75. The Bertz CT molecular complexity index is 880. The van der Waals surface area contributed by atoms with E-state index in [1.54, 1.807) is 6.07 Å². The molecule has 2 N–H and O–H groups in total. The molecule has 0 radical (unpaired) electrons. The molecule has 1 fully saturated rings. The molecule has 0 saturated carbocycles. The summed E-state index contributed by atoms with van der Waals surface area (Å²) in [4.78, 5) is 17.7. The van der Waals surface area contributed by atoms with Crippen LogP contribution in [0.2, 0.25) is 0 Å². The van der Waals surface area contributed by atoms with Crippen LogP contribution in [0, 0.1) is 20.8 Å². The summed E-state index contributed by atoms with van der Waals surface area (Å²) in [5.74, 6) is 0.518. The minimum absolute atomic E-state index is 0. The normalized spacial score (nSPS) is 13.7. The number of aryl methyl sites for hydroxylation is 1. The fourth-order valence-electron chi connectivity index (χ4n) is 3.76. The van der Waals surface area contributed by atoms with Crippen molar-refractivity contribution in [1.29, 1.82) is 0 Å². The molecule has 0 spiro atoms. The van der Waals surface area contributed by atoms with Gasteiger partial charge in [0.2, 0.25) is 0 Å². The van der Waals surface area contributed by atoms with Gasteiger partial charge in [-0.1, -0.05) is 0 Å². The van der Waals surface area contributed by atoms with Gasteiger partial charge in [0.05, 0.1) is 0 Å². The number of hydrogen-bond donors (Lipinski definition) is 2. The van der Waals surface area contributed by atoms with Gasteiger partial charge in [-0.25, -0.2) is 9.78 Å². The molecule has 3 rings (SSSR count). The van der Waals surface area contributed by atoms with Crippen molar-refractivity contribution in [3.63, 3.8) is 0 Å². The predicted octanol–water partition coefficient (Wildman–Crippen LogP) is 4.18. The number of carbonyl (C=O) groups is 1. The van der Waals surface area contributed by atoms with Gasteiger partial charge in [-0.3, -0.25) is 0 Å². The number of carboxylic acids is 1. The Morgan fingerprint density at radius 2 is 1.83 bits per heavy atom. The standard InChI is InChI=1S/C22H28N2O4.ClH/c1-14-11-20(28-13-21(26)27)16(3)15(2)18(14)12-17-7-8-19(25)22(23-17)24-9-5-4-6-10-24;/h7-8,11,25H,4-6,9-10,12-13H2,1-3H3,(H,26,27);1H. The van der Waals surface area contributed by atoms with Crippen LogP contribution in [0.1, 0.15) is 47.2 Å². The molecule has 0 aliphatic carbocycles. The van der Waals surface area contributed by atoms with Crippen LogP contribution in [0.4, 0.5) is 5.82 Å². The molecule has 1 aliphatic heterocycles. The number of aliphatic carboxylic acids is 1. The smallest absolute Gasteiger partial charge is 0.341 e. The number of aromatic hydroxyl groups is 1. The fraction of sp³-hybridized carbons (Fsp3) is 0.455. The van der Waals surface area contributed by atoms with Gasteiger partial charge in [0, 0.05) is 25.2 Å². The minimum atomic E-state index is -0.989. The summed E-state index contributed by atoms with van der Waals surface area (Å²) in [6, 6.07) is 5.49. The molecule has 1 aliphatic rings. The number of carboxylic acid groups (broad SMARTS) is 1. The van der Waals surface area contributed by atoms with Crippen LogP contribution in [0.3, 0.4) is 0 Å². The summed E-state index contributed by atoms with van der Waals surface area (Å²) < 4.78 is 5.42. The van der Waals surface area contributed by atoms with Gasteiger partial charge in [0.15, 0.2) is 18.2 Å². The average Bonchev–Trinajstić information content (AvgIpc) is 2.68. The number of piperidine rings is 1. The number of pyridine rings is 1. The van der Waals surface area contributed by atoms with Gasteiger partial charge >= 0.3 is 5.97 Å². The molecule has 0 bridgehead atoms. The molecule has 0 amide bonds. The predicted molar refractivity (Wildman–Crippen MR) is 116 cm³/mol. The number of halogens is 1. The highest BCUT2D eigenvalue weighted by atomic mass is 35.5. The molecule has 1 aromatic heterocycles. The highest BCUT2D eigenvalue weighted by Crippen LogP contribution is 2.31. The zero-order chi connectivity index (χ0) is 20.3. The third-order valence-electron chi connectivity index (χ3n) is 5.49. The maximum Gasteiger partial charge on any atom is 0.341 e. The fourth-order valence-corrected chi connectivity index (χ4v) is 3.76. The van der Waals surface area contributed by atoms with Crippen molar-refractivity contribution in [2.45, 2.75) is 46.5 Å². The monoisotopic (exact) mass is 420 g/mol. The molecular weight excluding hydrogens is 392 g/mol. The highest BCUT2D eigenvalue weighted by Gasteiger charge is 2.18. The lowest BCUT2D eigenvalue weighted by atomic mass is 9.94. The number of nitrogens with zero attached hydrogens (tertiary/aromatic N) is 2. The Morgan fingerprint density at radius 1 is 1.14 bits per heavy atom. The second-order valence-corrected chi connectivity index (χ2v) is 7.47. The number of aromatic nitrogens is 1. The zero-order valence-electron chi connectivity index (χ0n) is 17.2. The van der Waals surface area contributed by atoms with E-state index >= 15 is 0 Å². The largest absolute Gasteiger partial charge is 0.504 e. The van der Waals surface area contributed by atoms with Crippen molar-refractivity contribution in [2.24, 2.45) is 0 Å². The molecule has 2 aromatic rings. The molecule has 6 nitrogen and oxygen atoms in total. The highest BCUT2D eigenvalue weighted by molar-refractivity contribution is 5.85. The SMILES string of the molecule is Cc1cc(OCC(=O)O)c(C)c(C)c1Cc1ccc(O)c(N2CCCCC2)n1.Cl. The van der Waals surface area contributed by atoms with Gasteiger partial charge in [-0.2, -0.15) is 0 Å². The van der Waals surface area contributed by atoms with Crippen LogP contribution < -0.4 is 9.64 Å². The molecule has 0 atom stereocenters. The van der Waals surface area contributed by atoms with E-state index in [0.717, 1.165) is 53.9 Å². The van der Waals surface area contributed by atoms with E-state index in [-0.39, 0.29) is 24.8 Å². The van der Waals surface area contributed by atoms with Crippen LogP contribution in [0.5, 0.6) is 11.5 Å². The molecular formula is C22H29ClN2O4. The average molecular weight is 421 g/mol. The molecule has 158 valence electrons. The molecule has 1 saturated heterocycles. The Balaban J connectivity index is 0.00000300. The first kappa shape index (κ1) is 22.8. The molecule has 1 aromatic carbocycles. The van der Waals surface area contributed by atoms with E-state index in [0.29, 0.717) is 18.0 Å². The Labute approximate surface area is 177 Å². The van der Waals surface area contributed by atoms with Crippen molar-refractivity contribution in [3.05, 3.63) is 46.1 Å². The van der Waals surface area contributed by atoms with E-state index < -0.39 is 5.97 Å². The van der Waals surface area contributed by atoms with Gasteiger partial charge in [-0.15, -0.1) is 12.4 Å². The van der Waals surface area contributed by atoms with Crippen LogP contribution in [0.25, 0.3) is 0 Å². The minimum Gasteiger partial charge on any atom is -0.504 e. The van der Waals surface area contributed by atoms with E-state index in [4.69, 9.17) is 14.8 Å². The second kappa shape index (κ2) is 9.83. The summed E-state index contributed by atoms with van der Waals surface area (Å²) in [5, 5.41) is 19.1. The van der Waals surface area contributed by atoms with E-state index in [9.17, 15) is 9.90 Å². The van der Waals surface area contributed by atoms with Crippen molar-refractivity contribution in [3.8, 4) is 11.5 Å². The van der Waals surface area contributed by atoms with Crippen LogP contribution >= 0.6 is 12.4 Å². The Hall–Kier alpha value is -2.47. The van der Waals surface area contributed by atoms with Gasteiger partial charge in [-0.05, 0) is 80.5 Å².